The van der Waals surface area contributed by atoms with Gasteiger partial charge in [0.1, 0.15) is 6.54 Å². The predicted octanol–water partition coefficient (Wildman–Crippen LogP) is 2.84. The maximum absolute atomic E-state index is 12.4. The summed E-state index contributed by atoms with van der Waals surface area (Å²) in [5, 5.41) is 2.80. The highest BCUT2D eigenvalue weighted by Crippen LogP contribution is 2.28. The first-order valence-electron chi connectivity index (χ1n) is 9.23. The average Bonchev–Trinajstić information content (AvgIpc) is 2.94. The van der Waals surface area contributed by atoms with E-state index >= 15 is 0 Å². The number of fused-ring (bicyclic) bond motifs is 1. The zero-order chi connectivity index (χ0) is 18.8. The quantitative estimate of drug-likeness (QED) is 0.848. The molecule has 138 valence electrons. The summed E-state index contributed by atoms with van der Waals surface area (Å²) in [4.78, 5) is 40.1. The number of nitrogens with one attached hydrogen (secondary N) is 1. The molecular weight excluding hydrogens is 342 g/mol. The van der Waals surface area contributed by atoms with Crippen molar-refractivity contribution in [1.82, 2.24) is 0 Å². The van der Waals surface area contributed by atoms with Crippen molar-refractivity contribution in [2.24, 2.45) is 0 Å². The van der Waals surface area contributed by atoms with Gasteiger partial charge in [-0.3, -0.25) is 19.3 Å². The van der Waals surface area contributed by atoms with E-state index < -0.39 is 11.7 Å². The number of rotatable bonds is 4. The van der Waals surface area contributed by atoms with Crippen LogP contribution >= 0.6 is 0 Å². The van der Waals surface area contributed by atoms with Gasteiger partial charge < -0.3 is 10.2 Å². The summed E-state index contributed by atoms with van der Waals surface area (Å²) in [5.74, 6) is -1.56. The average molecular weight is 363 g/mol. The van der Waals surface area contributed by atoms with Crippen LogP contribution < -0.4 is 15.1 Å². The Hall–Kier alpha value is -3.15. The summed E-state index contributed by atoms with van der Waals surface area (Å²) < 4.78 is 0. The van der Waals surface area contributed by atoms with Crippen LogP contribution in [0.3, 0.4) is 0 Å². The number of benzene rings is 2. The summed E-state index contributed by atoms with van der Waals surface area (Å²) in [7, 11) is 0. The van der Waals surface area contributed by atoms with Crippen LogP contribution in [-0.4, -0.2) is 37.2 Å². The standard InChI is InChI=1S/C21H21N3O3/c25-19(14-24-18-7-3-2-6-17(18)20(26)21(24)27)22-15-8-10-16(11-9-15)23-12-4-1-5-13-23/h2-3,6-11H,1,4-5,12-14H2,(H,22,25). The molecule has 1 saturated heterocycles. The first-order chi connectivity index (χ1) is 13.1. The van der Waals surface area contributed by atoms with Crippen molar-refractivity contribution in [1.29, 1.82) is 0 Å². The Kier molecular flexibility index (Phi) is 4.62. The van der Waals surface area contributed by atoms with E-state index in [1.165, 1.54) is 24.2 Å². The van der Waals surface area contributed by atoms with Crippen LogP contribution in [0.5, 0.6) is 0 Å². The number of anilines is 3. The van der Waals surface area contributed by atoms with Gasteiger partial charge in [0.2, 0.25) is 5.91 Å². The molecule has 4 rings (SSSR count). The van der Waals surface area contributed by atoms with Gasteiger partial charge >= 0.3 is 0 Å². The van der Waals surface area contributed by atoms with Crippen molar-refractivity contribution in [2.45, 2.75) is 19.3 Å². The molecular formula is C21H21N3O3. The Morgan fingerprint density at radius 2 is 1.63 bits per heavy atom. The Morgan fingerprint density at radius 3 is 2.37 bits per heavy atom. The molecule has 0 atom stereocenters. The van der Waals surface area contributed by atoms with Gasteiger partial charge in [-0.2, -0.15) is 0 Å². The van der Waals surface area contributed by atoms with Crippen molar-refractivity contribution in [3.63, 3.8) is 0 Å². The lowest BCUT2D eigenvalue weighted by atomic mass is 10.1. The highest BCUT2D eigenvalue weighted by Gasteiger charge is 2.36. The van der Waals surface area contributed by atoms with Crippen molar-refractivity contribution >= 4 is 34.7 Å². The van der Waals surface area contributed by atoms with E-state index in [0.29, 0.717) is 16.9 Å². The normalized spacial score (nSPS) is 16.4. The number of amides is 2. The van der Waals surface area contributed by atoms with Gasteiger partial charge in [0, 0.05) is 24.5 Å². The molecule has 2 aliphatic rings. The minimum atomic E-state index is -0.660. The SMILES string of the molecule is O=C(CN1C(=O)C(=O)c2ccccc21)Nc1ccc(N2CCCCC2)cc1. The third kappa shape index (κ3) is 3.43. The third-order valence-electron chi connectivity index (χ3n) is 5.05. The number of carbonyl (C=O) groups excluding carboxylic acids is 3. The van der Waals surface area contributed by atoms with Gasteiger partial charge in [0.15, 0.2) is 0 Å². The fraction of sp³-hybridized carbons (Fsp3) is 0.286. The van der Waals surface area contributed by atoms with E-state index in [2.05, 4.69) is 10.2 Å². The largest absolute Gasteiger partial charge is 0.372 e. The van der Waals surface area contributed by atoms with Crippen molar-refractivity contribution in [3.05, 3.63) is 54.1 Å². The molecule has 2 amide bonds. The highest BCUT2D eigenvalue weighted by atomic mass is 16.2. The summed E-state index contributed by atoms with van der Waals surface area (Å²) in [6.45, 7) is 1.95. The number of nitrogens with zero attached hydrogens (tertiary/aromatic N) is 2. The third-order valence-corrected chi connectivity index (χ3v) is 5.05. The number of carbonyl (C=O) groups is 3. The lowest BCUT2D eigenvalue weighted by Crippen LogP contribution is -2.37. The molecule has 0 aliphatic carbocycles. The van der Waals surface area contributed by atoms with Crippen LogP contribution in [-0.2, 0) is 9.59 Å². The molecule has 0 unspecified atom stereocenters. The second kappa shape index (κ2) is 7.23. The van der Waals surface area contributed by atoms with E-state index in [4.69, 9.17) is 0 Å². The molecule has 27 heavy (non-hydrogen) atoms. The fourth-order valence-electron chi connectivity index (χ4n) is 3.66. The van der Waals surface area contributed by atoms with E-state index in [9.17, 15) is 14.4 Å². The topological polar surface area (TPSA) is 69.7 Å². The smallest absolute Gasteiger partial charge is 0.299 e. The second-order valence-corrected chi connectivity index (χ2v) is 6.88. The number of ketones is 1. The molecule has 0 saturated carbocycles. The second-order valence-electron chi connectivity index (χ2n) is 6.88. The maximum Gasteiger partial charge on any atom is 0.299 e. The lowest BCUT2D eigenvalue weighted by Gasteiger charge is -2.28. The molecule has 6 heteroatoms. The number of hydrogen-bond donors (Lipinski definition) is 1. The van der Waals surface area contributed by atoms with Crippen molar-refractivity contribution < 1.29 is 14.4 Å². The fourth-order valence-corrected chi connectivity index (χ4v) is 3.66. The summed E-state index contributed by atoms with van der Waals surface area (Å²) in [6.07, 6.45) is 3.70. The summed E-state index contributed by atoms with van der Waals surface area (Å²) in [5.41, 5.74) is 2.67. The number of para-hydroxylation sites is 1. The summed E-state index contributed by atoms with van der Waals surface area (Å²) >= 11 is 0. The van der Waals surface area contributed by atoms with Gasteiger partial charge in [0.05, 0.1) is 11.3 Å². The van der Waals surface area contributed by atoms with Gasteiger partial charge in [0.25, 0.3) is 11.7 Å². The van der Waals surface area contributed by atoms with Crippen LogP contribution in [0.1, 0.15) is 29.6 Å². The molecule has 0 aromatic heterocycles. The van der Waals surface area contributed by atoms with Crippen LogP contribution in [0.2, 0.25) is 0 Å². The molecule has 6 nitrogen and oxygen atoms in total. The zero-order valence-electron chi connectivity index (χ0n) is 15.0. The number of Topliss-reactive ketones (excluding diaryl/α,β-unsaturated/α-hetero) is 1. The summed E-state index contributed by atoms with van der Waals surface area (Å²) in [6, 6.07) is 14.5. The molecule has 0 bridgehead atoms. The molecule has 2 aliphatic heterocycles. The first kappa shape index (κ1) is 17.3. The molecule has 1 N–H and O–H groups in total. The number of hydrogen-bond acceptors (Lipinski definition) is 4. The van der Waals surface area contributed by atoms with E-state index in [1.54, 1.807) is 24.3 Å². The van der Waals surface area contributed by atoms with Crippen LogP contribution in [0.4, 0.5) is 17.1 Å². The van der Waals surface area contributed by atoms with Gasteiger partial charge in [-0.25, -0.2) is 0 Å². The molecule has 1 fully saturated rings. The van der Waals surface area contributed by atoms with Crippen molar-refractivity contribution in [3.8, 4) is 0 Å². The van der Waals surface area contributed by atoms with E-state index in [0.717, 1.165) is 18.8 Å². The predicted molar refractivity (Wildman–Crippen MR) is 104 cm³/mol. The molecule has 0 spiro atoms. The Labute approximate surface area is 157 Å². The molecule has 0 radical (unpaired) electrons. The van der Waals surface area contributed by atoms with Crippen LogP contribution in [0.15, 0.2) is 48.5 Å². The Balaban J connectivity index is 1.41. The number of piperidine rings is 1. The van der Waals surface area contributed by atoms with Gasteiger partial charge in [-0.05, 0) is 55.7 Å². The zero-order valence-corrected chi connectivity index (χ0v) is 15.0. The first-order valence-corrected chi connectivity index (χ1v) is 9.23. The maximum atomic E-state index is 12.4. The Bertz CT molecular complexity index is 886. The Morgan fingerprint density at radius 1 is 0.926 bits per heavy atom. The van der Waals surface area contributed by atoms with Crippen molar-refractivity contribution in [2.75, 3.05) is 34.8 Å². The minimum Gasteiger partial charge on any atom is -0.372 e. The minimum absolute atomic E-state index is 0.185. The molecule has 2 aromatic carbocycles. The van der Waals surface area contributed by atoms with Gasteiger partial charge in [-0.15, -0.1) is 0 Å². The van der Waals surface area contributed by atoms with E-state index in [1.807, 2.05) is 24.3 Å². The monoisotopic (exact) mass is 363 g/mol. The van der Waals surface area contributed by atoms with E-state index in [-0.39, 0.29) is 12.5 Å². The molecule has 2 heterocycles. The van der Waals surface area contributed by atoms with Crippen LogP contribution in [0, 0.1) is 0 Å². The highest BCUT2D eigenvalue weighted by molar-refractivity contribution is 6.52. The molecule has 2 aromatic rings. The lowest BCUT2D eigenvalue weighted by molar-refractivity contribution is -0.118. The van der Waals surface area contributed by atoms with Gasteiger partial charge in [-0.1, -0.05) is 12.1 Å². The van der Waals surface area contributed by atoms with Crippen LogP contribution in [0.25, 0.3) is 0 Å².